The van der Waals surface area contributed by atoms with Gasteiger partial charge in [-0.2, -0.15) is 0 Å². The molecule has 1 N–H and O–H groups in total. The Labute approximate surface area is 143 Å². The van der Waals surface area contributed by atoms with E-state index in [2.05, 4.69) is 15.3 Å². The lowest BCUT2D eigenvalue weighted by Crippen LogP contribution is -2.01. The Morgan fingerprint density at radius 2 is 1.80 bits per heavy atom. The summed E-state index contributed by atoms with van der Waals surface area (Å²) in [6.07, 6.45) is 0. The summed E-state index contributed by atoms with van der Waals surface area (Å²) < 4.78 is 10.6. The van der Waals surface area contributed by atoms with Crippen LogP contribution in [0.5, 0.6) is 11.5 Å². The number of nitrogens with one attached hydrogen (secondary N) is 1. The molecule has 1 aromatic heterocycles. The minimum absolute atomic E-state index is 0.000617. The first-order chi connectivity index (χ1) is 12.0. The maximum Gasteiger partial charge on any atom is 0.271 e. The van der Waals surface area contributed by atoms with Crippen LogP contribution in [0.3, 0.4) is 0 Å². The molecule has 0 aliphatic heterocycles. The Bertz CT molecular complexity index is 959. The van der Waals surface area contributed by atoms with Crippen LogP contribution in [-0.4, -0.2) is 29.1 Å². The van der Waals surface area contributed by atoms with Gasteiger partial charge >= 0.3 is 0 Å². The molecule has 0 atom stereocenters. The van der Waals surface area contributed by atoms with E-state index in [9.17, 15) is 10.1 Å². The summed E-state index contributed by atoms with van der Waals surface area (Å²) in [5.74, 6) is 2.20. The SMILES string of the molecule is COc1cc2nc(C)nc(Nc3cccc([N+](=O)[O-])c3)c2cc1OC. The Morgan fingerprint density at radius 1 is 1.08 bits per heavy atom. The van der Waals surface area contributed by atoms with Gasteiger partial charge in [-0.05, 0) is 19.1 Å². The highest BCUT2D eigenvalue weighted by atomic mass is 16.6. The van der Waals surface area contributed by atoms with Crippen molar-refractivity contribution >= 4 is 28.1 Å². The lowest BCUT2D eigenvalue weighted by atomic mass is 10.2. The number of ether oxygens (including phenoxy) is 2. The number of non-ortho nitro benzene ring substituents is 1. The van der Waals surface area contributed by atoms with E-state index in [1.165, 1.54) is 12.1 Å². The van der Waals surface area contributed by atoms with E-state index in [4.69, 9.17) is 9.47 Å². The lowest BCUT2D eigenvalue weighted by Gasteiger charge is -2.13. The van der Waals surface area contributed by atoms with Crippen LogP contribution in [0.15, 0.2) is 36.4 Å². The molecular formula is C17H16N4O4. The molecule has 3 rings (SSSR count). The summed E-state index contributed by atoms with van der Waals surface area (Å²) in [5.41, 5.74) is 1.24. The molecule has 25 heavy (non-hydrogen) atoms. The molecule has 8 heteroatoms. The van der Waals surface area contributed by atoms with Crippen LogP contribution in [0, 0.1) is 17.0 Å². The molecule has 0 aliphatic carbocycles. The molecule has 3 aromatic rings. The van der Waals surface area contributed by atoms with Crippen LogP contribution in [-0.2, 0) is 0 Å². The molecule has 0 saturated heterocycles. The Morgan fingerprint density at radius 3 is 2.48 bits per heavy atom. The fourth-order valence-corrected chi connectivity index (χ4v) is 2.50. The summed E-state index contributed by atoms with van der Waals surface area (Å²) in [6.45, 7) is 1.77. The van der Waals surface area contributed by atoms with Crippen LogP contribution in [0.4, 0.5) is 17.2 Å². The first-order valence-electron chi connectivity index (χ1n) is 7.43. The average molecular weight is 340 g/mol. The zero-order chi connectivity index (χ0) is 18.0. The highest BCUT2D eigenvalue weighted by Gasteiger charge is 2.13. The highest BCUT2D eigenvalue weighted by Crippen LogP contribution is 2.35. The summed E-state index contributed by atoms with van der Waals surface area (Å²) >= 11 is 0. The van der Waals surface area contributed by atoms with Crippen molar-refractivity contribution in [1.29, 1.82) is 0 Å². The molecule has 2 aromatic carbocycles. The van der Waals surface area contributed by atoms with Gasteiger partial charge in [0, 0.05) is 29.3 Å². The molecule has 0 amide bonds. The van der Waals surface area contributed by atoms with Gasteiger partial charge in [0.15, 0.2) is 11.5 Å². The van der Waals surface area contributed by atoms with Gasteiger partial charge in [0.05, 0.1) is 24.7 Å². The summed E-state index contributed by atoms with van der Waals surface area (Å²) in [6, 6.07) is 9.76. The number of benzene rings is 2. The van der Waals surface area contributed by atoms with Gasteiger partial charge in [0.2, 0.25) is 0 Å². The predicted molar refractivity (Wildman–Crippen MR) is 93.8 cm³/mol. The Balaban J connectivity index is 2.12. The van der Waals surface area contributed by atoms with E-state index >= 15 is 0 Å². The molecule has 0 aliphatic rings. The van der Waals surface area contributed by atoms with Crippen LogP contribution < -0.4 is 14.8 Å². The zero-order valence-electron chi connectivity index (χ0n) is 13.9. The van der Waals surface area contributed by atoms with E-state index in [1.54, 1.807) is 45.4 Å². The van der Waals surface area contributed by atoms with Crippen molar-refractivity contribution in [2.24, 2.45) is 0 Å². The van der Waals surface area contributed by atoms with Crippen LogP contribution >= 0.6 is 0 Å². The first kappa shape index (κ1) is 16.4. The predicted octanol–water partition coefficient (Wildman–Crippen LogP) is 3.61. The molecule has 128 valence electrons. The fraction of sp³-hybridized carbons (Fsp3) is 0.176. The summed E-state index contributed by atoms with van der Waals surface area (Å²) in [5, 5.41) is 14.8. The van der Waals surface area contributed by atoms with Crippen molar-refractivity contribution in [3.8, 4) is 11.5 Å². The molecule has 0 saturated carbocycles. The number of nitro groups is 1. The number of hydrogen-bond donors (Lipinski definition) is 1. The third-order valence-electron chi connectivity index (χ3n) is 3.63. The molecule has 0 unspecified atom stereocenters. The van der Waals surface area contributed by atoms with Crippen LogP contribution in [0.25, 0.3) is 10.9 Å². The van der Waals surface area contributed by atoms with Gasteiger partial charge in [-0.25, -0.2) is 9.97 Å². The standard InChI is InChI=1S/C17H16N4O4/c1-10-18-14-9-16(25-3)15(24-2)8-13(14)17(19-10)20-11-5-4-6-12(7-11)21(22)23/h4-9H,1-3H3,(H,18,19,20). The van der Waals surface area contributed by atoms with E-state index in [-0.39, 0.29) is 5.69 Å². The monoisotopic (exact) mass is 340 g/mol. The van der Waals surface area contributed by atoms with E-state index in [1.807, 2.05) is 0 Å². The minimum atomic E-state index is -0.442. The van der Waals surface area contributed by atoms with Crippen molar-refractivity contribution in [3.63, 3.8) is 0 Å². The van der Waals surface area contributed by atoms with Crippen LogP contribution in [0.1, 0.15) is 5.82 Å². The maximum atomic E-state index is 10.9. The molecule has 0 radical (unpaired) electrons. The van der Waals surface area contributed by atoms with Crippen molar-refractivity contribution in [3.05, 3.63) is 52.3 Å². The quantitative estimate of drug-likeness (QED) is 0.559. The fourth-order valence-electron chi connectivity index (χ4n) is 2.50. The number of hydrogen-bond acceptors (Lipinski definition) is 7. The molecular weight excluding hydrogens is 324 g/mol. The molecule has 0 fully saturated rings. The molecule has 1 heterocycles. The van der Waals surface area contributed by atoms with E-state index in [0.717, 1.165) is 5.39 Å². The summed E-state index contributed by atoms with van der Waals surface area (Å²) in [7, 11) is 3.10. The second kappa shape index (κ2) is 6.60. The van der Waals surface area contributed by atoms with Gasteiger partial charge in [-0.3, -0.25) is 10.1 Å². The molecule has 0 spiro atoms. The van der Waals surface area contributed by atoms with E-state index < -0.39 is 4.92 Å². The highest BCUT2D eigenvalue weighted by molar-refractivity contribution is 5.93. The van der Waals surface area contributed by atoms with Crippen molar-refractivity contribution in [2.45, 2.75) is 6.92 Å². The number of anilines is 2. The normalized spacial score (nSPS) is 10.5. The van der Waals surface area contributed by atoms with Gasteiger partial charge < -0.3 is 14.8 Å². The summed E-state index contributed by atoms with van der Waals surface area (Å²) in [4.78, 5) is 19.3. The van der Waals surface area contributed by atoms with Gasteiger partial charge in [-0.15, -0.1) is 0 Å². The number of aromatic nitrogens is 2. The molecule has 0 bridgehead atoms. The van der Waals surface area contributed by atoms with Crippen molar-refractivity contribution < 1.29 is 14.4 Å². The largest absolute Gasteiger partial charge is 0.493 e. The third kappa shape index (κ3) is 3.27. The second-order valence-corrected chi connectivity index (χ2v) is 5.28. The number of fused-ring (bicyclic) bond motifs is 1. The minimum Gasteiger partial charge on any atom is -0.493 e. The third-order valence-corrected chi connectivity index (χ3v) is 3.63. The number of nitrogens with zero attached hydrogens (tertiary/aromatic N) is 3. The average Bonchev–Trinajstić information content (AvgIpc) is 2.60. The smallest absolute Gasteiger partial charge is 0.271 e. The Kier molecular flexibility index (Phi) is 4.34. The van der Waals surface area contributed by atoms with Gasteiger partial charge in [-0.1, -0.05) is 6.07 Å². The van der Waals surface area contributed by atoms with Gasteiger partial charge in [0.25, 0.3) is 5.69 Å². The lowest BCUT2D eigenvalue weighted by molar-refractivity contribution is -0.384. The Hall–Kier alpha value is -3.42. The van der Waals surface area contributed by atoms with Gasteiger partial charge in [0.1, 0.15) is 11.6 Å². The zero-order valence-corrected chi connectivity index (χ0v) is 13.9. The first-order valence-corrected chi connectivity index (χ1v) is 7.43. The van der Waals surface area contributed by atoms with E-state index in [0.29, 0.717) is 34.3 Å². The number of nitro benzene ring substituents is 1. The maximum absolute atomic E-state index is 10.9. The second-order valence-electron chi connectivity index (χ2n) is 5.28. The van der Waals surface area contributed by atoms with Crippen molar-refractivity contribution in [2.75, 3.05) is 19.5 Å². The number of methoxy groups -OCH3 is 2. The van der Waals surface area contributed by atoms with Crippen molar-refractivity contribution in [1.82, 2.24) is 9.97 Å². The molecule has 8 nitrogen and oxygen atoms in total. The number of rotatable bonds is 5. The van der Waals surface area contributed by atoms with Crippen LogP contribution in [0.2, 0.25) is 0 Å². The number of aryl methyl sites for hydroxylation is 1. The topological polar surface area (TPSA) is 99.4 Å².